The predicted octanol–water partition coefficient (Wildman–Crippen LogP) is 1.59. The molecular formula is C13H22ClN3O2. The number of carbonyl (C=O) groups is 1. The van der Waals surface area contributed by atoms with Crippen molar-refractivity contribution < 1.29 is 9.90 Å². The van der Waals surface area contributed by atoms with Crippen LogP contribution in [0, 0.1) is 6.92 Å². The van der Waals surface area contributed by atoms with Crippen LogP contribution in [0.25, 0.3) is 0 Å². The lowest BCUT2D eigenvalue weighted by molar-refractivity contribution is -0.121. The molecule has 0 fully saturated rings. The fourth-order valence-corrected chi connectivity index (χ4v) is 2.10. The minimum Gasteiger partial charge on any atom is -0.388 e. The van der Waals surface area contributed by atoms with Crippen LogP contribution in [0.1, 0.15) is 37.9 Å². The second-order valence-electron chi connectivity index (χ2n) is 4.86. The van der Waals surface area contributed by atoms with E-state index in [9.17, 15) is 9.90 Å². The van der Waals surface area contributed by atoms with Gasteiger partial charge in [-0.1, -0.05) is 25.4 Å². The number of halogens is 1. The van der Waals surface area contributed by atoms with Gasteiger partial charge in [0.1, 0.15) is 5.15 Å². The summed E-state index contributed by atoms with van der Waals surface area (Å²) in [5.74, 6) is -0.154. The van der Waals surface area contributed by atoms with Crippen molar-refractivity contribution in [2.45, 2.75) is 45.6 Å². The Bertz CT molecular complexity index is 453. The Morgan fingerprint density at radius 1 is 1.47 bits per heavy atom. The number of rotatable bonds is 6. The monoisotopic (exact) mass is 287 g/mol. The quantitative estimate of drug-likeness (QED) is 0.835. The van der Waals surface area contributed by atoms with Crippen molar-refractivity contribution >= 4 is 17.5 Å². The van der Waals surface area contributed by atoms with E-state index in [1.54, 1.807) is 11.7 Å². The van der Waals surface area contributed by atoms with E-state index >= 15 is 0 Å². The van der Waals surface area contributed by atoms with Crippen molar-refractivity contribution in [2.75, 3.05) is 6.54 Å². The van der Waals surface area contributed by atoms with E-state index in [2.05, 4.69) is 10.4 Å². The lowest BCUT2D eigenvalue weighted by Crippen LogP contribution is -2.42. The molecule has 0 spiro atoms. The Hall–Kier alpha value is -1.07. The van der Waals surface area contributed by atoms with Crippen LogP contribution in [-0.4, -0.2) is 32.9 Å². The van der Waals surface area contributed by atoms with Crippen molar-refractivity contribution in [3.05, 3.63) is 16.4 Å². The smallest absolute Gasteiger partial charge is 0.224 e. The second-order valence-corrected chi connectivity index (χ2v) is 5.22. The lowest BCUT2D eigenvalue weighted by Gasteiger charge is -2.25. The fraction of sp³-hybridized carbons (Fsp3) is 0.692. The zero-order valence-electron chi connectivity index (χ0n) is 12.0. The number of amides is 1. The third-order valence-corrected chi connectivity index (χ3v) is 4.01. The molecule has 108 valence electrons. The van der Waals surface area contributed by atoms with E-state index < -0.39 is 5.60 Å². The fourth-order valence-electron chi connectivity index (χ4n) is 1.86. The molecule has 0 atom stereocenters. The summed E-state index contributed by atoms with van der Waals surface area (Å²) >= 11 is 6.07. The normalized spacial score (nSPS) is 11.7. The Morgan fingerprint density at radius 2 is 2.05 bits per heavy atom. The van der Waals surface area contributed by atoms with Gasteiger partial charge in [0.15, 0.2) is 0 Å². The number of aliphatic hydroxyl groups is 1. The van der Waals surface area contributed by atoms with Gasteiger partial charge in [-0.15, -0.1) is 0 Å². The molecule has 6 heteroatoms. The first-order valence-electron chi connectivity index (χ1n) is 6.50. The van der Waals surface area contributed by atoms with Crippen molar-refractivity contribution in [3.8, 4) is 0 Å². The highest BCUT2D eigenvalue weighted by atomic mass is 35.5. The first kappa shape index (κ1) is 16.0. The topological polar surface area (TPSA) is 67.2 Å². The summed E-state index contributed by atoms with van der Waals surface area (Å²) in [6.07, 6.45) is 1.40. The molecule has 2 N–H and O–H groups in total. The molecule has 0 bridgehead atoms. The molecule has 1 heterocycles. The zero-order valence-corrected chi connectivity index (χ0v) is 12.7. The molecule has 1 amide bonds. The van der Waals surface area contributed by atoms with Crippen molar-refractivity contribution in [1.82, 2.24) is 15.1 Å². The van der Waals surface area contributed by atoms with Gasteiger partial charge in [-0.25, -0.2) is 0 Å². The van der Waals surface area contributed by atoms with Crippen molar-refractivity contribution in [3.63, 3.8) is 0 Å². The summed E-state index contributed by atoms with van der Waals surface area (Å²) in [6, 6.07) is 0. The van der Waals surface area contributed by atoms with Crippen LogP contribution < -0.4 is 5.32 Å². The van der Waals surface area contributed by atoms with Gasteiger partial charge in [-0.2, -0.15) is 5.10 Å². The van der Waals surface area contributed by atoms with Gasteiger partial charge in [0.05, 0.1) is 17.7 Å². The van der Waals surface area contributed by atoms with Crippen LogP contribution >= 0.6 is 11.6 Å². The van der Waals surface area contributed by atoms with Gasteiger partial charge in [-0.05, 0) is 19.8 Å². The highest BCUT2D eigenvalue weighted by molar-refractivity contribution is 6.30. The van der Waals surface area contributed by atoms with Crippen LogP contribution in [0.2, 0.25) is 5.15 Å². The zero-order chi connectivity index (χ0) is 14.6. The molecule has 19 heavy (non-hydrogen) atoms. The number of nitrogens with zero attached hydrogens (tertiary/aromatic N) is 2. The summed E-state index contributed by atoms with van der Waals surface area (Å²) in [6.45, 7) is 5.88. The molecule has 0 unspecified atom stereocenters. The Balaban J connectivity index is 2.61. The van der Waals surface area contributed by atoms with Gasteiger partial charge in [-0.3, -0.25) is 9.48 Å². The molecule has 0 radical (unpaired) electrons. The minimum absolute atomic E-state index is 0.154. The minimum atomic E-state index is -0.830. The Kier molecular flexibility index (Phi) is 5.38. The first-order valence-corrected chi connectivity index (χ1v) is 6.87. The van der Waals surface area contributed by atoms with Crippen molar-refractivity contribution in [2.24, 2.45) is 7.05 Å². The lowest BCUT2D eigenvalue weighted by atomic mass is 9.97. The summed E-state index contributed by atoms with van der Waals surface area (Å²) in [5.41, 5.74) is 0.658. The van der Waals surface area contributed by atoms with E-state index in [1.165, 1.54) is 0 Å². The van der Waals surface area contributed by atoms with E-state index in [4.69, 9.17) is 11.6 Å². The number of nitrogens with one attached hydrogen (secondary N) is 1. The molecule has 0 saturated carbocycles. The van der Waals surface area contributed by atoms with Crippen molar-refractivity contribution in [1.29, 1.82) is 0 Å². The van der Waals surface area contributed by atoms with Gasteiger partial charge >= 0.3 is 0 Å². The van der Waals surface area contributed by atoms with Gasteiger partial charge < -0.3 is 10.4 Å². The summed E-state index contributed by atoms with van der Waals surface area (Å²) in [7, 11) is 1.74. The van der Waals surface area contributed by atoms with E-state index in [0.29, 0.717) is 18.0 Å². The Morgan fingerprint density at radius 3 is 2.47 bits per heavy atom. The maximum absolute atomic E-state index is 11.9. The second kappa shape index (κ2) is 6.39. The van der Waals surface area contributed by atoms with Gasteiger partial charge in [0.2, 0.25) is 5.91 Å². The highest BCUT2D eigenvalue weighted by Crippen LogP contribution is 2.19. The average molecular weight is 288 g/mol. The first-order chi connectivity index (χ1) is 8.83. The molecule has 0 aromatic carbocycles. The highest BCUT2D eigenvalue weighted by Gasteiger charge is 2.23. The molecule has 0 aliphatic rings. The van der Waals surface area contributed by atoms with Crippen LogP contribution in [0.5, 0.6) is 0 Å². The number of hydrogen-bond acceptors (Lipinski definition) is 3. The molecule has 0 aliphatic heterocycles. The largest absolute Gasteiger partial charge is 0.388 e. The maximum Gasteiger partial charge on any atom is 0.224 e. The summed E-state index contributed by atoms with van der Waals surface area (Å²) < 4.78 is 1.55. The van der Waals surface area contributed by atoms with Gasteiger partial charge in [0.25, 0.3) is 0 Å². The molecule has 5 nitrogen and oxygen atoms in total. The SMILES string of the molecule is CCC(O)(CC)CNC(=O)Cc1c(C)nn(C)c1Cl. The van der Waals surface area contributed by atoms with Gasteiger partial charge in [0, 0.05) is 19.2 Å². The molecule has 1 aromatic heterocycles. The summed E-state index contributed by atoms with van der Waals surface area (Å²) in [4.78, 5) is 11.9. The standard InChI is InChI=1S/C13H22ClN3O2/c1-5-13(19,6-2)8-15-11(18)7-10-9(3)16-17(4)12(10)14/h19H,5-8H2,1-4H3,(H,15,18). The van der Waals surface area contributed by atoms with Crippen LogP contribution in [-0.2, 0) is 18.3 Å². The molecule has 1 rings (SSSR count). The third kappa shape index (κ3) is 3.94. The molecule has 0 saturated heterocycles. The third-order valence-electron chi connectivity index (χ3n) is 3.54. The predicted molar refractivity (Wildman–Crippen MR) is 75.2 cm³/mol. The molecule has 1 aromatic rings. The van der Waals surface area contributed by atoms with Crippen LogP contribution in [0.15, 0.2) is 0 Å². The van der Waals surface area contributed by atoms with E-state index in [1.807, 2.05) is 20.8 Å². The average Bonchev–Trinajstić information content (AvgIpc) is 2.63. The van der Waals surface area contributed by atoms with E-state index in [-0.39, 0.29) is 18.9 Å². The summed E-state index contributed by atoms with van der Waals surface area (Å²) in [5, 5.41) is 17.5. The van der Waals surface area contributed by atoms with E-state index in [0.717, 1.165) is 11.3 Å². The van der Waals surface area contributed by atoms with Crippen LogP contribution in [0.3, 0.4) is 0 Å². The number of aryl methyl sites for hydroxylation is 2. The Labute approximate surface area is 118 Å². The number of hydrogen-bond donors (Lipinski definition) is 2. The molecular weight excluding hydrogens is 266 g/mol. The maximum atomic E-state index is 11.9. The number of carbonyl (C=O) groups excluding carboxylic acids is 1. The number of aromatic nitrogens is 2. The van der Waals surface area contributed by atoms with Crippen LogP contribution in [0.4, 0.5) is 0 Å². The molecule has 0 aliphatic carbocycles.